The lowest BCUT2D eigenvalue weighted by Gasteiger charge is -2.03. The van der Waals surface area contributed by atoms with Crippen LogP contribution in [0.1, 0.15) is 16.6 Å². The molecule has 4 heteroatoms. The van der Waals surface area contributed by atoms with Gasteiger partial charge in [0.25, 0.3) is 0 Å². The summed E-state index contributed by atoms with van der Waals surface area (Å²) < 4.78 is 28.9. The fourth-order valence-electron chi connectivity index (χ4n) is 1.63. The maximum absolute atomic E-state index is 10.9. The molecule has 0 aliphatic rings. The Bertz CT molecular complexity index is 667. The summed E-state index contributed by atoms with van der Waals surface area (Å²) in [6, 6.07) is 1.76. The van der Waals surface area contributed by atoms with E-state index in [1.807, 2.05) is 0 Å². The number of amides is 1. The van der Waals surface area contributed by atoms with Crippen LogP contribution in [0.3, 0.4) is 0 Å². The number of ether oxygens (including phenoxy) is 1. The zero-order valence-corrected chi connectivity index (χ0v) is 9.81. The van der Waals surface area contributed by atoms with Crippen LogP contribution >= 0.6 is 0 Å². The van der Waals surface area contributed by atoms with Crippen molar-refractivity contribution in [2.45, 2.75) is 13.3 Å². The van der Waals surface area contributed by atoms with Crippen molar-refractivity contribution in [3.05, 3.63) is 29.9 Å². The van der Waals surface area contributed by atoms with Gasteiger partial charge < -0.3 is 15.0 Å². The van der Waals surface area contributed by atoms with E-state index in [1.165, 1.54) is 14.0 Å². The van der Waals surface area contributed by atoms with Gasteiger partial charge in [-0.05, 0) is 30.1 Å². The lowest BCUT2D eigenvalue weighted by molar-refractivity contribution is -0.118. The van der Waals surface area contributed by atoms with E-state index in [4.69, 9.17) is 8.85 Å². The highest BCUT2D eigenvalue weighted by Crippen LogP contribution is 2.23. The van der Waals surface area contributed by atoms with Gasteiger partial charge in [0.2, 0.25) is 5.91 Å². The highest BCUT2D eigenvalue weighted by molar-refractivity contribution is 5.84. The van der Waals surface area contributed by atoms with Crippen LogP contribution in [0.5, 0.6) is 5.75 Å². The van der Waals surface area contributed by atoms with E-state index in [0.717, 1.165) is 0 Å². The van der Waals surface area contributed by atoms with Gasteiger partial charge in [-0.2, -0.15) is 0 Å². The molecule has 1 aromatic carbocycles. The lowest BCUT2D eigenvalue weighted by atomic mass is 10.1. The maximum Gasteiger partial charge on any atom is 0.216 e. The number of hydrogen-bond acceptors (Lipinski definition) is 2. The Balaban J connectivity index is 2.48. The molecule has 1 aromatic heterocycles. The molecular weight excluding hydrogens is 216 g/mol. The molecule has 0 bridgehead atoms. The van der Waals surface area contributed by atoms with E-state index in [2.05, 4.69) is 10.3 Å². The number of benzene rings is 1. The van der Waals surface area contributed by atoms with Gasteiger partial charge in [0.1, 0.15) is 5.75 Å². The van der Waals surface area contributed by atoms with Crippen LogP contribution in [0.2, 0.25) is 0 Å². The van der Waals surface area contributed by atoms with Crippen LogP contribution in [0, 0.1) is 0 Å². The molecule has 1 heterocycles. The van der Waals surface area contributed by atoms with Crippen LogP contribution in [0.4, 0.5) is 0 Å². The van der Waals surface area contributed by atoms with Crippen molar-refractivity contribution < 1.29 is 13.6 Å². The Labute approximate surface area is 104 Å². The third kappa shape index (κ3) is 2.58. The molecule has 4 nitrogen and oxygen atoms in total. The number of H-pyrrole nitrogens is 1. The fourth-order valence-corrected chi connectivity index (χ4v) is 1.63. The first-order chi connectivity index (χ1) is 9.45. The van der Waals surface area contributed by atoms with Gasteiger partial charge in [0.05, 0.1) is 11.2 Å². The minimum absolute atomic E-state index is 0.0996. The third-order valence-corrected chi connectivity index (χ3v) is 2.46. The standard InChI is InChI=1S/C13H16N2O2/c1-9(16)14-6-5-10-8-15-13-4-3-11(17-2)7-12(10)13/h3-4,7-8,15H,5-6H2,1-2H3,(H,14,16)/i3D,7D,8D. The Morgan fingerprint density at radius 1 is 1.65 bits per heavy atom. The molecule has 0 unspecified atom stereocenters. The molecule has 17 heavy (non-hydrogen) atoms. The minimum Gasteiger partial charge on any atom is -0.497 e. The number of nitrogens with one attached hydrogen (secondary N) is 2. The number of fused-ring (bicyclic) bond motifs is 1. The summed E-state index contributed by atoms with van der Waals surface area (Å²) in [5.41, 5.74) is 1.22. The van der Waals surface area contributed by atoms with E-state index in [-0.39, 0.29) is 29.9 Å². The predicted octanol–water partition coefficient (Wildman–Crippen LogP) is 1.86. The highest BCUT2D eigenvalue weighted by Gasteiger charge is 2.05. The topological polar surface area (TPSA) is 54.1 Å². The van der Waals surface area contributed by atoms with Crippen molar-refractivity contribution in [1.82, 2.24) is 10.3 Å². The molecule has 2 rings (SSSR count). The second kappa shape index (κ2) is 4.91. The minimum atomic E-state index is -0.131. The lowest BCUT2D eigenvalue weighted by Crippen LogP contribution is -2.22. The zero-order chi connectivity index (χ0) is 14.9. The molecule has 2 N–H and O–H groups in total. The molecule has 0 saturated heterocycles. The number of carbonyl (C=O) groups excluding carboxylic acids is 1. The third-order valence-electron chi connectivity index (χ3n) is 2.46. The summed E-state index contributed by atoms with van der Waals surface area (Å²) >= 11 is 0. The molecule has 0 atom stereocenters. The Hall–Kier alpha value is -1.97. The monoisotopic (exact) mass is 235 g/mol. The molecule has 90 valence electrons. The predicted molar refractivity (Wildman–Crippen MR) is 67.2 cm³/mol. The number of aromatic nitrogens is 1. The average molecular weight is 235 g/mol. The largest absolute Gasteiger partial charge is 0.497 e. The first-order valence-corrected chi connectivity index (χ1v) is 5.35. The Morgan fingerprint density at radius 3 is 3.18 bits per heavy atom. The highest BCUT2D eigenvalue weighted by atomic mass is 16.5. The molecule has 0 fully saturated rings. The van der Waals surface area contributed by atoms with Crippen molar-refractivity contribution in [2.24, 2.45) is 0 Å². The summed E-state index contributed by atoms with van der Waals surface area (Å²) in [4.78, 5) is 13.7. The first-order valence-electron chi connectivity index (χ1n) is 6.85. The summed E-state index contributed by atoms with van der Waals surface area (Å²) in [7, 11) is 1.42. The van der Waals surface area contributed by atoms with E-state index >= 15 is 0 Å². The Kier molecular flexibility index (Phi) is 2.36. The van der Waals surface area contributed by atoms with Gasteiger partial charge in [0.15, 0.2) is 0 Å². The first kappa shape index (κ1) is 8.17. The average Bonchev–Trinajstić information content (AvgIpc) is 2.66. The van der Waals surface area contributed by atoms with Gasteiger partial charge in [-0.1, -0.05) is 0 Å². The van der Waals surface area contributed by atoms with Gasteiger partial charge in [-0.3, -0.25) is 4.79 Å². The molecule has 0 radical (unpaired) electrons. The second-order valence-electron chi connectivity index (χ2n) is 3.70. The van der Waals surface area contributed by atoms with E-state index < -0.39 is 0 Å². The van der Waals surface area contributed by atoms with Crippen LogP contribution < -0.4 is 10.1 Å². The van der Waals surface area contributed by atoms with Gasteiger partial charge in [0, 0.05) is 30.5 Å². The molecule has 1 amide bonds. The van der Waals surface area contributed by atoms with Gasteiger partial charge >= 0.3 is 0 Å². The van der Waals surface area contributed by atoms with Crippen LogP contribution in [0.15, 0.2) is 24.3 Å². The smallest absolute Gasteiger partial charge is 0.216 e. The van der Waals surface area contributed by atoms with E-state index in [9.17, 15) is 4.79 Å². The van der Waals surface area contributed by atoms with Crippen molar-refractivity contribution in [3.63, 3.8) is 0 Å². The van der Waals surface area contributed by atoms with Crippen LogP contribution in [-0.4, -0.2) is 24.5 Å². The van der Waals surface area contributed by atoms with E-state index in [0.29, 0.717) is 29.4 Å². The maximum atomic E-state index is 10.9. The molecular formula is C13H16N2O2. The number of carbonyl (C=O) groups is 1. The zero-order valence-electron chi connectivity index (χ0n) is 12.8. The van der Waals surface area contributed by atoms with Gasteiger partial charge in [-0.15, -0.1) is 0 Å². The van der Waals surface area contributed by atoms with Crippen LogP contribution in [-0.2, 0) is 11.2 Å². The second-order valence-corrected chi connectivity index (χ2v) is 3.70. The SMILES string of the molecule is [2H]c1cc2[nH]c([2H])c(CCNC(C)=O)c2c([2H])c1OC. The quantitative estimate of drug-likeness (QED) is 0.849. The molecule has 2 aromatic rings. The summed E-state index contributed by atoms with van der Waals surface area (Å²) in [5, 5.41) is 3.25. The van der Waals surface area contributed by atoms with E-state index in [1.54, 1.807) is 6.07 Å². The molecule has 0 aliphatic heterocycles. The number of hydrogen-bond donors (Lipinski definition) is 2. The molecule has 0 aliphatic carbocycles. The number of rotatable bonds is 4. The molecule has 0 spiro atoms. The van der Waals surface area contributed by atoms with Crippen LogP contribution in [0.25, 0.3) is 10.9 Å². The fraction of sp³-hybridized carbons (Fsp3) is 0.308. The number of aromatic amines is 1. The summed E-state index contributed by atoms with van der Waals surface area (Å²) in [5.74, 6) is 0.0609. The van der Waals surface area contributed by atoms with Crippen molar-refractivity contribution in [2.75, 3.05) is 13.7 Å². The van der Waals surface area contributed by atoms with Crippen molar-refractivity contribution in [3.8, 4) is 5.75 Å². The normalized spacial score (nSPS) is 12.9. The molecule has 0 saturated carbocycles. The summed E-state index contributed by atoms with van der Waals surface area (Å²) in [6.45, 7) is 1.83. The summed E-state index contributed by atoms with van der Waals surface area (Å²) in [6.07, 6.45) is 0.650. The number of methoxy groups -OCH3 is 1. The van der Waals surface area contributed by atoms with Gasteiger partial charge in [-0.25, -0.2) is 0 Å². The van der Waals surface area contributed by atoms with Crippen molar-refractivity contribution >= 4 is 16.8 Å². The van der Waals surface area contributed by atoms with Crippen molar-refractivity contribution in [1.29, 1.82) is 0 Å². The Morgan fingerprint density at radius 2 is 2.47 bits per heavy atom.